The molecule has 1 aliphatic heterocycles. The third kappa shape index (κ3) is 6.30. The van der Waals surface area contributed by atoms with E-state index in [1.54, 1.807) is 0 Å². The van der Waals surface area contributed by atoms with E-state index in [2.05, 4.69) is 45.8 Å². The summed E-state index contributed by atoms with van der Waals surface area (Å²) in [7, 11) is 0. The van der Waals surface area contributed by atoms with Crippen LogP contribution in [0.5, 0.6) is 0 Å². The van der Waals surface area contributed by atoms with Crippen molar-refractivity contribution < 1.29 is 4.79 Å². The molecule has 1 fully saturated rings. The zero-order valence-corrected chi connectivity index (χ0v) is 19.9. The van der Waals surface area contributed by atoms with Gasteiger partial charge in [-0.3, -0.25) is 4.79 Å². The van der Waals surface area contributed by atoms with Crippen LogP contribution in [0, 0.1) is 5.92 Å². The Bertz CT molecular complexity index is 1010. The minimum Gasteiger partial charge on any atom is -0.353 e. The molecular weight excluding hydrogens is 440 g/mol. The number of aromatic nitrogens is 2. The van der Waals surface area contributed by atoms with Gasteiger partial charge in [0, 0.05) is 42.1 Å². The van der Waals surface area contributed by atoms with Gasteiger partial charge in [0.1, 0.15) is 5.82 Å². The molecular formula is C25H29ClN4OS. The predicted molar refractivity (Wildman–Crippen MR) is 131 cm³/mol. The number of nitrogens with zero attached hydrogens (tertiary/aromatic N) is 3. The van der Waals surface area contributed by atoms with Crippen molar-refractivity contribution >= 4 is 34.2 Å². The molecule has 7 heteroatoms. The van der Waals surface area contributed by atoms with Crippen molar-refractivity contribution in [2.75, 3.05) is 18.0 Å². The Morgan fingerprint density at radius 2 is 1.97 bits per heavy atom. The number of hydrogen-bond donors (Lipinski definition) is 1. The Morgan fingerprint density at radius 3 is 2.75 bits per heavy atom. The molecule has 1 N–H and O–H groups in total. The second kappa shape index (κ2) is 10.9. The summed E-state index contributed by atoms with van der Waals surface area (Å²) in [4.78, 5) is 19.8. The molecule has 4 rings (SSSR count). The molecule has 2 atom stereocenters. The Kier molecular flexibility index (Phi) is 7.76. The van der Waals surface area contributed by atoms with Crippen molar-refractivity contribution in [1.82, 2.24) is 14.7 Å². The fraction of sp³-hybridized carbons (Fsp3) is 0.400. The first-order valence-corrected chi connectivity index (χ1v) is 12.4. The third-order valence-electron chi connectivity index (χ3n) is 5.89. The summed E-state index contributed by atoms with van der Waals surface area (Å²) < 4.78 is 4.54. The van der Waals surface area contributed by atoms with Crippen molar-refractivity contribution in [2.24, 2.45) is 5.92 Å². The molecule has 3 aromatic rings. The third-order valence-corrected chi connectivity index (χ3v) is 6.96. The van der Waals surface area contributed by atoms with E-state index in [1.165, 1.54) is 17.1 Å². The number of piperidine rings is 1. The average molecular weight is 469 g/mol. The predicted octanol–water partition coefficient (Wildman–Crippen LogP) is 5.14. The van der Waals surface area contributed by atoms with Crippen LogP contribution >= 0.6 is 23.1 Å². The van der Waals surface area contributed by atoms with Crippen molar-refractivity contribution in [2.45, 2.75) is 45.1 Å². The lowest BCUT2D eigenvalue weighted by atomic mass is 9.96. The first-order chi connectivity index (χ1) is 15.6. The van der Waals surface area contributed by atoms with E-state index in [9.17, 15) is 4.79 Å². The summed E-state index contributed by atoms with van der Waals surface area (Å²) in [5.74, 6) is 0.959. The van der Waals surface area contributed by atoms with Gasteiger partial charge in [-0.2, -0.15) is 4.37 Å². The molecule has 1 aromatic heterocycles. The Morgan fingerprint density at radius 1 is 1.19 bits per heavy atom. The molecule has 5 nitrogen and oxygen atoms in total. The molecule has 168 valence electrons. The van der Waals surface area contributed by atoms with Crippen LogP contribution in [0.2, 0.25) is 5.02 Å². The van der Waals surface area contributed by atoms with Crippen LogP contribution in [0.15, 0.2) is 54.6 Å². The van der Waals surface area contributed by atoms with Gasteiger partial charge in [-0.15, -0.1) is 0 Å². The molecule has 1 aliphatic rings. The average Bonchev–Trinajstić information content (AvgIpc) is 3.28. The number of amides is 1. The summed E-state index contributed by atoms with van der Waals surface area (Å²) in [6, 6.07) is 18.4. The summed E-state index contributed by atoms with van der Waals surface area (Å²) >= 11 is 7.39. The molecule has 0 spiro atoms. The van der Waals surface area contributed by atoms with Crippen LogP contribution in [0.3, 0.4) is 0 Å². The van der Waals surface area contributed by atoms with Gasteiger partial charge >= 0.3 is 0 Å². The van der Waals surface area contributed by atoms with Crippen LogP contribution in [-0.2, 0) is 17.6 Å². The number of nitrogens with one attached hydrogen (secondary N) is 1. The van der Waals surface area contributed by atoms with E-state index < -0.39 is 0 Å². The lowest BCUT2D eigenvalue weighted by Crippen LogP contribution is -2.45. The molecule has 0 bridgehead atoms. The summed E-state index contributed by atoms with van der Waals surface area (Å²) in [6.07, 6.45) is 4.51. The molecule has 1 saturated heterocycles. The molecule has 2 unspecified atom stereocenters. The van der Waals surface area contributed by atoms with E-state index in [0.29, 0.717) is 13.0 Å². The first-order valence-electron chi connectivity index (χ1n) is 11.2. The number of carbonyl (C=O) groups excluding carboxylic acids is 1. The maximum absolute atomic E-state index is 12.9. The number of rotatable bonds is 8. The zero-order valence-electron chi connectivity index (χ0n) is 18.3. The van der Waals surface area contributed by atoms with Gasteiger partial charge in [0.25, 0.3) is 0 Å². The van der Waals surface area contributed by atoms with Gasteiger partial charge in [0.05, 0.1) is 5.92 Å². The highest BCUT2D eigenvalue weighted by atomic mass is 35.5. The number of aryl methyl sites for hydroxylation is 1. The second-order valence-corrected chi connectivity index (χ2v) is 9.68. The lowest BCUT2D eigenvalue weighted by Gasteiger charge is -2.32. The molecule has 0 saturated carbocycles. The van der Waals surface area contributed by atoms with E-state index in [1.807, 2.05) is 30.3 Å². The Labute approximate surface area is 199 Å². The minimum absolute atomic E-state index is 0.00783. The largest absolute Gasteiger partial charge is 0.353 e. The minimum atomic E-state index is -0.00783. The Hall–Kier alpha value is -2.44. The SMILES string of the molecule is CC(CCc1ccccc1)NC(=O)C1CCCN(c2nc(Cc3ccc(Cl)cc3)ns2)C1. The highest BCUT2D eigenvalue weighted by Crippen LogP contribution is 2.26. The fourth-order valence-corrected chi connectivity index (χ4v) is 4.90. The molecule has 2 heterocycles. The molecule has 32 heavy (non-hydrogen) atoms. The molecule has 0 aliphatic carbocycles. The second-order valence-electron chi connectivity index (χ2n) is 8.52. The molecule has 0 radical (unpaired) electrons. The van der Waals surface area contributed by atoms with Crippen LogP contribution in [0.4, 0.5) is 5.13 Å². The highest BCUT2D eigenvalue weighted by molar-refractivity contribution is 7.09. The first kappa shape index (κ1) is 22.7. The van der Waals surface area contributed by atoms with E-state index in [4.69, 9.17) is 16.6 Å². The van der Waals surface area contributed by atoms with Crippen LogP contribution in [-0.4, -0.2) is 34.4 Å². The summed E-state index contributed by atoms with van der Waals surface area (Å²) in [5.41, 5.74) is 2.45. The zero-order chi connectivity index (χ0) is 22.3. The van der Waals surface area contributed by atoms with Crippen molar-refractivity contribution in [3.63, 3.8) is 0 Å². The number of hydrogen-bond acceptors (Lipinski definition) is 5. The van der Waals surface area contributed by atoms with Crippen molar-refractivity contribution in [3.05, 3.63) is 76.6 Å². The standard InChI is InChI=1S/C25H29ClN4OS/c1-18(9-10-19-6-3-2-4-7-19)27-24(31)21-8-5-15-30(17-21)25-28-23(29-32-25)16-20-11-13-22(26)14-12-20/h2-4,6-7,11-14,18,21H,5,8-10,15-17H2,1H3,(H,27,31). The van der Waals surface area contributed by atoms with Gasteiger partial charge in [0.15, 0.2) is 0 Å². The van der Waals surface area contributed by atoms with Crippen LogP contribution in [0.25, 0.3) is 0 Å². The lowest BCUT2D eigenvalue weighted by molar-refractivity contribution is -0.125. The van der Waals surface area contributed by atoms with Crippen LogP contribution < -0.4 is 10.2 Å². The van der Waals surface area contributed by atoms with Gasteiger partial charge < -0.3 is 10.2 Å². The number of carbonyl (C=O) groups is 1. The highest BCUT2D eigenvalue weighted by Gasteiger charge is 2.28. The van der Waals surface area contributed by atoms with Gasteiger partial charge in [0.2, 0.25) is 11.0 Å². The number of anilines is 1. The maximum atomic E-state index is 12.9. The monoisotopic (exact) mass is 468 g/mol. The van der Waals surface area contributed by atoms with Crippen LogP contribution in [0.1, 0.15) is 43.1 Å². The van der Waals surface area contributed by atoms with Crippen molar-refractivity contribution in [1.29, 1.82) is 0 Å². The van der Waals surface area contributed by atoms with E-state index >= 15 is 0 Å². The summed E-state index contributed by atoms with van der Waals surface area (Å²) in [6.45, 7) is 3.71. The Balaban J connectivity index is 1.28. The van der Waals surface area contributed by atoms with E-state index in [0.717, 1.165) is 53.8 Å². The fourth-order valence-electron chi connectivity index (χ4n) is 4.06. The number of halogens is 1. The topological polar surface area (TPSA) is 58.1 Å². The quantitative estimate of drug-likeness (QED) is 0.497. The van der Waals surface area contributed by atoms with E-state index in [-0.39, 0.29) is 17.9 Å². The summed E-state index contributed by atoms with van der Waals surface area (Å²) in [5, 5.41) is 4.86. The van der Waals surface area contributed by atoms with Gasteiger partial charge in [-0.25, -0.2) is 4.98 Å². The molecule has 1 amide bonds. The maximum Gasteiger partial charge on any atom is 0.225 e. The normalized spacial score (nSPS) is 17.2. The van der Waals surface area contributed by atoms with Gasteiger partial charge in [-0.05, 0) is 55.9 Å². The number of benzene rings is 2. The van der Waals surface area contributed by atoms with Crippen molar-refractivity contribution in [3.8, 4) is 0 Å². The smallest absolute Gasteiger partial charge is 0.225 e. The molecule has 2 aromatic carbocycles. The van der Waals surface area contributed by atoms with Gasteiger partial charge in [-0.1, -0.05) is 54.1 Å².